The number of anilines is 1. The highest BCUT2D eigenvalue weighted by Crippen LogP contribution is 2.40. The molecule has 0 radical (unpaired) electrons. The number of carbonyl (C=O) groups is 2. The van der Waals surface area contributed by atoms with Crippen molar-refractivity contribution in [3.63, 3.8) is 0 Å². The third kappa shape index (κ3) is 2.59. The van der Waals surface area contributed by atoms with Gasteiger partial charge in [0.25, 0.3) is 5.91 Å². The Balaban J connectivity index is 2.49. The molecule has 0 saturated heterocycles. The van der Waals surface area contributed by atoms with Gasteiger partial charge in [-0.05, 0) is 31.4 Å². The lowest BCUT2D eigenvalue weighted by molar-refractivity contribution is -0.126. The first-order valence-electron chi connectivity index (χ1n) is 6.72. The summed E-state index contributed by atoms with van der Waals surface area (Å²) in [5, 5.41) is 3.63. The summed E-state index contributed by atoms with van der Waals surface area (Å²) in [7, 11) is 0. The number of fused-ring (bicyclic) bond motifs is 1. The van der Waals surface area contributed by atoms with Gasteiger partial charge in [0.15, 0.2) is 0 Å². The van der Waals surface area contributed by atoms with Crippen molar-refractivity contribution in [1.29, 1.82) is 0 Å². The van der Waals surface area contributed by atoms with Gasteiger partial charge >= 0.3 is 0 Å². The van der Waals surface area contributed by atoms with Crippen molar-refractivity contribution < 1.29 is 9.59 Å². The average molecular weight is 339 g/mol. The van der Waals surface area contributed by atoms with Crippen LogP contribution >= 0.6 is 15.9 Å². The van der Waals surface area contributed by atoms with E-state index < -0.39 is 6.04 Å². The molecule has 0 spiro atoms. The molecule has 108 valence electrons. The van der Waals surface area contributed by atoms with Crippen LogP contribution in [-0.4, -0.2) is 23.7 Å². The molecule has 0 saturated carbocycles. The number of benzene rings is 1. The third-order valence-corrected chi connectivity index (χ3v) is 4.13. The van der Waals surface area contributed by atoms with Crippen molar-refractivity contribution in [3.05, 3.63) is 28.8 Å². The van der Waals surface area contributed by atoms with E-state index >= 15 is 0 Å². The van der Waals surface area contributed by atoms with Gasteiger partial charge in [0.2, 0.25) is 5.91 Å². The Kier molecular flexibility index (Phi) is 4.48. The largest absolute Gasteiger partial charge is 0.341 e. The van der Waals surface area contributed by atoms with E-state index in [9.17, 15) is 9.59 Å². The molecule has 1 aromatic rings. The van der Waals surface area contributed by atoms with Gasteiger partial charge in [-0.25, -0.2) is 0 Å². The molecular formula is C15H19BrN2O2. The van der Waals surface area contributed by atoms with E-state index in [4.69, 9.17) is 0 Å². The summed E-state index contributed by atoms with van der Waals surface area (Å²) in [6.45, 7) is 6.09. The van der Waals surface area contributed by atoms with Crippen LogP contribution in [0.4, 0.5) is 5.69 Å². The van der Waals surface area contributed by atoms with E-state index in [2.05, 4.69) is 21.2 Å². The number of halogens is 1. The van der Waals surface area contributed by atoms with Crippen LogP contribution in [0.3, 0.4) is 0 Å². The Bertz CT molecular complexity index is 557. The van der Waals surface area contributed by atoms with Gasteiger partial charge in [0, 0.05) is 24.4 Å². The van der Waals surface area contributed by atoms with Crippen molar-refractivity contribution in [2.75, 3.05) is 16.8 Å². The molecular weight excluding hydrogens is 320 g/mol. The Hall–Kier alpha value is -1.36. The molecule has 1 aliphatic heterocycles. The van der Waals surface area contributed by atoms with Crippen LogP contribution in [0.15, 0.2) is 12.1 Å². The van der Waals surface area contributed by atoms with Crippen LogP contribution in [0.2, 0.25) is 0 Å². The molecule has 0 bridgehead atoms. The molecule has 1 atom stereocenters. The van der Waals surface area contributed by atoms with E-state index in [1.807, 2.05) is 26.0 Å². The first-order valence-corrected chi connectivity index (χ1v) is 7.84. The summed E-state index contributed by atoms with van der Waals surface area (Å²) in [6.07, 6.45) is 0.880. The third-order valence-electron chi connectivity index (χ3n) is 3.57. The number of nitrogens with one attached hydrogen (secondary N) is 1. The minimum absolute atomic E-state index is 0.0337. The smallest absolute Gasteiger partial charge is 0.254 e. The average Bonchev–Trinajstić information content (AvgIpc) is 2.66. The molecule has 0 aliphatic carbocycles. The van der Waals surface area contributed by atoms with Crippen LogP contribution in [0.5, 0.6) is 0 Å². The Labute approximate surface area is 127 Å². The monoisotopic (exact) mass is 338 g/mol. The molecule has 0 unspecified atom stereocenters. The van der Waals surface area contributed by atoms with Crippen molar-refractivity contribution in [3.8, 4) is 0 Å². The quantitative estimate of drug-likeness (QED) is 0.858. The summed E-state index contributed by atoms with van der Waals surface area (Å²) in [5.74, 6) is -0.217. The Morgan fingerprint density at radius 3 is 2.60 bits per heavy atom. The molecule has 1 heterocycles. The zero-order valence-electron chi connectivity index (χ0n) is 12.0. The summed E-state index contributed by atoms with van der Waals surface area (Å²) in [5.41, 5.74) is 4.02. The SMILES string of the molecule is CC(=O)N[C@@H]1C(=O)N(CCCBr)c2c(C)ccc(C)c21. The first kappa shape index (κ1) is 15.0. The lowest BCUT2D eigenvalue weighted by Gasteiger charge is -2.19. The van der Waals surface area contributed by atoms with Gasteiger partial charge in [0.1, 0.15) is 6.04 Å². The number of aryl methyl sites for hydroxylation is 2. The molecule has 1 aliphatic rings. The number of amides is 2. The Morgan fingerprint density at radius 1 is 1.35 bits per heavy atom. The highest BCUT2D eigenvalue weighted by molar-refractivity contribution is 9.09. The molecule has 20 heavy (non-hydrogen) atoms. The van der Waals surface area contributed by atoms with Gasteiger partial charge in [0.05, 0.1) is 5.69 Å². The minimum Gasteiger partial charge on any atom is -0.341 e. The summed E-state index contributed by atoms with van der Waals surface area (Å²) < 4.78 is 0. The van der Waals surface area contributed by atoms with Crippen molar-refractivity contribution in [2.45, 2.75) is 33.2 Å². The fourth-order valence-electron chi connectivity index (χ4n) is 2.71. The zero-order valence-corrected chi connectivity index (χ0v) is 13.6. The number of alkyl halides is 1. The highest BCUT2D eigenvalue weighted by Gasteiger charge is 2.39. The minimum atomic E-state index is -0.544. The van der Waals surface area contributed by atoms with Crippen molar-refractivity contribution >= 4 is 33.4 Å². The molecule has 4 nitrogen and oxygen atoms in total. The maximum atomic E-state index is 12.6. The summed E-state index contributed by atoms with van der Waals surface area (Å²) in [6, 6.07) is 3.49. The maximum Gasteiger partial charge on any atom is 0.254 e. The van der Waals surface area contributed by atoms with Crippen LogP contribution < -0.4 is 10.2 Å². The lowest BCUT2D eigenvalue weighted by Crippen LogP contribution is -2.37. The van der Waals surface area contributed by atoms with Gasteiger partial charge in [-0.2, -0.15) is 0 Å². The van der Waals surface area contributed by atoms with Gasteiger partial charge in [-0.1, -0.05) is 28.1 Å². The number of rotatable bonds is 4. The van der Waals surface area contributed by atoms with Crippen molar-refractivity contribution in [2.24, 2.45) is 0 Å². The molecule has 0 fully saturated rings. The first-order chi connectivity index (χ1) is 9.47. The molecule has 0 aromatic heterocycles. The second kappa shape index (κ2) is 5.95. The normalized spacial score (nSPS) is 17.3. The molecule has 2 amide bonds. The van der Waals surface area contributed by atoms with E-state index in [0.717, 1.165) is 34.1 Å². The number of nitrogens with zero attached hydrogens (tertiary/aromatic N) is 1. The fraction of sp³-hybridized carbons (Fsp3) is 0.467. The number of hydrogen-bond donors (Lipinski definition) is 1. The second-order valence-corrected chi connectivity index (χ2v) is 5.92. The predicted octanol–water partition coefficient (Wildman–Crippen LogP) is 2.61. The fourth-order valence-corrected chi connectivity index (χ4v) is 2.96. The lowest BCUT2D eigenvalue weighted by atomic mass is 9.99. The summed E-state index contributed by atoms with van der Waals surface area (Å²) >= 11 is 3.40. The van der Waals surface area contributed by atoms with E-state index in [0.29, 0.717) is 6.54 Å². The standard InChI is InChI=1S/C15H19BrN2O2/c1-9-5-6-10(2)14-12(9)13(17-11(3)19)15(20)18(14)8-4-7-16/h5-6,13H,4,7-8H2,1-3H3,(H,17,19)/t13-/m0/s1. The van der Waals surface area contributed by atoms with Crippen LogP contribution in [0.25, 0.3) is 0 Å². The second-order valence-electron chi connectivity index (χ2n) is 5.13. The van der Waals surface area contributed by atoms with Crippen molar-refractivity contribution in [1.82, 2.24) is 5.32 Å². The molecule has 5 heteroatoms. The molecule has 1 aromatic carbocycles. The van der Waals surface area contributed by atoms with E-state index in [-0.39, 0.29) is 11.8 Å². The van der Waals surface area contributed by atoms with Crippen LogP contribution in [-0.2, 0) is 9.59 Å². The van der Waals surface area contributed by atoms with Crippen LogP contribution in [0, 0.1) is 13.8 Å². The molecule has 2 rings (SSSR count). The predicted molar refractivity (Wildman–Crippen MR) is 83.2 cm³/mol. The van der Waals surface area contributed by atoms with Gasteiger partial charge in [-0.3, -0.25) is 9.59 Å². The Morgan fingerprint density at radius 2 is 2.00 bits per heavy atom. The van der Waals surface area contributed by atoms with Crippen LogP contribution in [0.1, 0.15) is 36.1 Å². The van der Waals surface area contributed by atoms with E-state index in [1.54, 1.807) is 4.90 Å². The zero-order chi connectivity index (χ0) is 14.9. The van der Waals surface area contributed by atoms with Gasteiger partial charge < -0.3 is 10.2 Å². The maximum absolute atomic E-state index is 12.6. The highest BCUT2D eigenvalue weighted by atomic mass is 79.9. The summed E-state index contributed by atoms with van der Waals surface area (Å²) in [4.78, 5) is 25.8. The topological polar surface area (TPSA) is 49.4 Å². The molecule has 1 N–H and O–H groups in total. The van der Waals surface area contributed by atoms with E-state index in [1.165, 1.54) is 6.92 Å². The number of carbonyl (C=O) groups excluding carboxylic acids is 2. The van der Waals surface area contributed by atoms with Gasteiger partial charge in [-0.15, -0.1) is 0 Å². The number of hydrogen-bond acceptors (Lipinski definition) is 2.